The molecule has 2 aromatic carbocycles. The molecule has 1 aliphatic rings. The lowest BCUT2D eigenvalue weighted by atomic mass is 10.1. The number of hydrogen-bond acceptors (Lipinski definition) is 8. The molecule has 3 rings (SSSR count). The molecule has 11 nitrogen and oxygen atoms in total. The fourth-order valence-corrected chi connectivity index (χ4v) is 5.12. The maximum Gasteiger partial charge on any atom is 0.261 e. The van der Waals surface area contributed by atoms with E-state index in [2.05, 4.69) is 5.32 Å². The van der Waals surface area contributed by atoms with E-state index in [-0.39, 0.29) is 31.2 Å². The fraction of sp³-hybridized carbons (Fsp3) is 0.440. The van der Waals surface area contributed by atoms with E-state index in [0.717, 1.165) is 5.56 Å². The van der Waals surface area contributed by atoms with Crippen molar-refractivity contribution in [1.29, 1.82) is 0 Å². The summed E-state index contributed by atoms with van der Waals surface area (Å²) in [6.07, 6.45) is 0. The molecule has 0 spiro atoms. The maximum atomic E-state index is 13.1. The average molecular weight is 536 g/mol. The number of sulfonamides is 1. The largest absolute Gasteiger partial charge is 0.497 e. The van der Waals surface area contributed by atoms with Crippen molar-refractivity contribution in [3.63, 3.8) is 0 Å². The number of methoxy groups -OCH3 is 1. The summed E-state index contributed by atoms with van der Waals surface area (Å²) in [4.78, 5) is 27.2. The van der Waals surface area contributed by atoms with Crippen LogP contribution in [0.3, 0.4) is 0 Å². The monoisotopic (exact) mass is 535 g/mol. The minimum absolute atomic E-state index is 0.0734. The molecule has 1 fully saturated rings. The maximum absolute atomic E-state index is 13.1. The van der Waals surface area contributed by atoms with Gasteiger partial charge in [-0.05, 0) is 48.9 Å². The lowest BCUT2D eigenvalue weighted by Gasteiger charge is -2.28. The topological polar surface area (TPSA) is 135 Å². The second kappa shape index (κ2) is 13.4. The normalized spacial score (nSPS) is 15.0. The van der Waals surface area contributed by atoms with Gasteiger partial charge in [0.15, 0.2) is 6.61 Å². The minimum atomic E-state index is -3.64. The van der Waals surface area contributed by atoms with Crippen molar-refractivity contribution in [1.82, 2.24) is 14.5 Å². The Hall–Kier alpha value is -3.19. The second-order valence-electron chi connectivity index (χ2n) is 8.34. The molecule has 1 atom stereocenters. The summed E-state index contributed by atoms with van der Waals surface area (Å²) in [5, 5.41) is 11.6. The van der Waals surface area contributed by atoms with Crippen LogP contribution in [0, 0.1) is 0 Å². The van der Waals surface area contributed by atoms with Gasteiger partial charge in [-0.2, -0.15) is 4.31 Å². The molecular formula is C25H33N3O8S. The Morgan fingerprint density at radius 3 is 2.30 bits per heavy atom. The summed E-state index contributed by atoms with van der Waals surface area (Å²) in [7, 11) is -2.08. The van der Waals surface area contributed by atoms with Gasteiger partial charge in [-0.25, -0.2) is 8.42 Å². The van der Waals surface area contributed by atoms with Crippen molar-refractivity contribution in [2.24, 2.45) is 0 Å². The summed E-state index contributed by atoms with van der Waals surface area (Å²) in [6.45, 7) is 2.54. The van der Waals surface area contributed by atoms with Gasteiger partial charge in [0.2, 0.25) is 15.9 Å². The van der Waals surface area contributed by atoms with Crippen LogP contribution in [0.15, 0.2) is 53.4 Å². The second-order valence-corrected chi connectivity index (χ2v) is 10.3. The molecule has 2 N–H and O–H groups in total. The van der Waals surface area contributed by atoms with Gasteiger partial charge in [0.25, 0.3) is 5.91 Å². The number of aliphatic hydroxyl groups excluding tert-OH is 1. The van der Waals surface area contributed by atoms with Gasteiger partial charge in [-0.1, -0.05) is 12.1 Å². The van der Waals surface area contributed by atoms with Crippen molar-refractivity contribution in [2.45, 2.75) is 24.4 Å². The molecule has 1 unspecified atom stereocenters. The Kier molecular flexibility index (Phi) is 10.3. The highest BCUT2D eigenvalue weighted by atomic mass is 32.2. The highest BCUT2D eigenvalue weighted by molar-refractivity contribution is 7.89. The Morgan fingerprint density at radius 1 is 1.08 bits per heavy atom. The zero-order valence-electron chi connectivity index (χ0n) is 21.0. The van der Waals surface area contributed by atoms with Gasteiger partial charge in [0.1, 0.15) is 17.5 Å². The van der Waals surface area contributed by atoms with Crippen LogP contribution < -0.4 is 14.8 Å². The van der Waals surface area contributed by atoms with Crippen molar-refractivity contribution < 1.29 is 37.3 Å². The lowest BCUT2D eigenvalue weighted by molar-refractivity contribution is -0.142. The van der Waals surface area contributed by atoms with Crippen molar-refractivity contribution in [3.05, 3.63) is 54.1 Å². The van der Waals surface area contributed by atoms with Gasteiger partial charge in [0, 0.05) is 26.2 Å². The predicted octanol–water partition coefficient (Wildman–Crippen LogP) is 0.621. The number of nitrogens with zero attached hydrogens (tertiary/aromatic N) is 2. The van der Waals surface area contributed by atoms with Gasteiger partial charge in [-0.3, -0.25) is 9.59 Å². The smallest absolute Gasteiger partial charge is 0.261 e. The zero-order valence-corrected chi connectivity index (χ0v) is 21.8. The lowest BCUT2D eigenvalue weighted by Crippen LogP contribution is -2.49. The number of nitrogens with one attached hydrogen (secondary N) is 1. The van der Waals surface area contributed by atoms with E-state index >= 15 is 0 Å². The fourth-order valence-electron chi connectivity index (χ4n) is 3.71. The van der Waals surface area contributed by atoms with Crippen LogP contribution in [-0.4, -0.2) is 93.8 Å². The van der Waals surface area contributed by atoms with E-state index in [1.54, 1.807) is 38.3 Å². The van der Waals surface area contributed by atoms with Crippen LogP contribution >= 0.6 is 0 Å². The van der Waals surface area contributed by atoms with Crippen molar-refractivity contribution in [3.8, 4) is 11.5 Å². The number of carbonyl (C=O) groups excluding carboxylic acids is 2. The van der Waals surface area contributed by atoms with Crippen LogP contribution in [0.1, 0.15) is 12.5 Å². The van der Waals surface area contributed by atoms with Gasteiger partial charge in [-0.15, -0.1) is 0 Å². The van der Waals surface area contributed by atoms with E-state index in [1.807, 2.05) is 0 Å². The standard InChI is InChI=1S/C25H33N3O8S/c1-19(25(31)26-11-14-29)28(17-20-3-5-21(34-2)6-4-20)24(30)18-36-22-7-9-23(10-8-22)37(32,33)27-12-15-35-16-13-27/h3-10,19,29H,11-18H2,1-2H3,(H,26,31). The summed E-state index contributed by atoms with van der Waals surface area (Å²) in [5.41, 5.74) is 0.786. The van der Waals surface area contributed by atoms with Gasteiger partial charge < -0.3 is 29.5 Å². The third-order valence-electron chi connectivity index (χ3n) is 5.88. The van der Waals surface area contributed by atoms with Crippen LogP contribution in [0.2, 0.25) is 0 Å². The summed E-state index contributed by atoms with van der Waals surface area (Å²) in [5.74, 6) is 0.134. The molecule has 0 radical (unpaired) electrons. The molecule has 202 valence electrons. The molecule has 2 aromatic rings. The Balaban J connectivity index is 1.68. The molecule has 2 amide bonds. The predicted molar refractivity (Wildman–Crippen MR) is 135 cm³/mol. The molecule has 1 saturated heterocycles. The molecule has 0 aliphatic carbocycles. The zero-order chi connectivity index (χ0) is 26.8. The molecule has 12 heteroatoms. The van der Waals surface area contributed by atoms with E-state index in [0.29, 0.717) is 37.8 Å². The molecule has 0 saturated carbocycles. The Bertz CT molecular complexity index is 1130. The van der Waals surface area contributed by atoms with E-state index in [4.69, 9.17) is 19.3 Å². The quantitative estimate of drug-likeness (QED) is 0.404. The average Bonchev–Trinajstić information content (AvgIpc) is 2.94. The van der Waals surface area contributed by atoms with Crippen LogP contribution in [0.4, 0.5) is 0 Å². The first kappa shape index (κ1) is 28.4. The number of carbonyl (C=O) groups is 2. The minimum Gasteiger partial charge on any atom is -0.497 e. The summed E-state index contributed by atoms with van der Waals surface area (Å²) >= 11 is 0. The van der Waals surface area contributed by atoms with E-state index in [1.165, 1.54) is 33.5 Å². The number of ether oxygens (including phenoxy) is 3. The first-order valence-corrected chi connectivity index (χ1v) is 13.3. The Morgan fingerprint density at radius 2 is 1.70 bits per heavy atom. The summed E-state index contributed by atoms with van der Waals surface area (Å²) in [6, 6.07) is 12.1. The van der Waals surface area contributed by atoms with Crippen LogP contribution in [0.5, 0.6) is 11.5 Å². The third-order valence-corrected chi connectivity index (χ3v) is 7.80. The number of aliphatic hydroxyl groups is 1. The Labute approximate surface area is 217 Å². The SMILES string of the molecule is COc1ccc(CN(C(=O)COc2ccc(S(=O)(=O)N3CCOCC3)cc2)C(C)C(=O)NCCO)cc1. The first-order chi connectivity index (χ1) is 17.8. The number of benzene rings is 2. The molecule has 1 heterocycles. The number of hydrogen-bond donors (Lipinski definition) is 2. The van der Waals surface area contributed by atoms with Gasteiger partial charge >= 0.3 is 0 Å². The third kappa shape index (κ3) is 7.65. The number of amides is 2. The van der Waals surface area contributed by atoms with Crippen molar-refractivity contribution in [2.75, 3.05) is 53.2 Å². The molecule has 0 aromatic heterocycles. The number of rotatable bonds is 12. The van der Waals surface area contributed by atoms with Crippen LogP contribution in [-0.2, 0) is 30.9 Å². The number of morpholine rings is 1. The van der Waals surface area contributed by atoms with Gasteiger partial charge in [0.05, 0.1) is 31.8 Å². The van der Waals surface area contributed by atoms with E-state index < -0.39 is 27.9 Å². The van der Waals surface area contributed by atoms with Crippen LogP contribution in [0.25, 0.3) is 0 Å². The molecular weight excluding hydrogens is 502 g/mol. The summed E-state index contributed by atoms with van der Waals surface area (Å²) < 4.78 is 43.0. The molecule has 1 aliphatic heterocycles. The molecule has 37 heavy (non-hydrogen) atoms. The molecule has 0 bridgehead atoms. The van der Waals surface area contributed by atoms with Crippen molar-refractivity contribution >= 4 is 21.8 Å². The highest BCUT2D eigenvalue weighted by Crippen LogP contribution is 2.21. The highest BCUT2D eigenvalue weighted by Gasteiger charge is 2.28. The first-order valence-electron chi connectivity index (χ1n) is 11.9. The van der Waals surface area contributed by atoms with E-state index in [9.17, 15) is 18.0 Å².